The van der Waals surface area contributed by atoms with Crippen molar-refractivity contribution in [3.05, 3.63) is 35.9 Å². The number of piperidine rings is 1. The van der Waals surface area contributed by atoms with E-state index in [2.05, 4.69) is 65.6 Å². The van der Waals surface area contributed by atoms with Gasteiger partial charge in [0.15, 0.2) is 0 Å². The molecule has 140 valence electrons. The monoisotopic (exact) mass is 560 g/mol. The van der Waals surface area contributed by atoms with Gasteiger partial charge in [-0.15, -0.1) is 0 Å². The van der Waals surface area contributed by atoms with Crippen molar-refractivity contribution in [2.24, 2.45) is 0 Å². The van der Waals surface area contributed by atoms with E-state index in [0.29, 0.717) is 0 Å². The van der Waals surface area contributed by atoms with Gasteiger partial charge in [-0.1, -0.05) is 30.3 Å². The summed E-state index contributed by atoms with van der Waals surface area (Å²) in [4.78, 5) is 0. The van der Waals surface area contributed by atoms with Crippen molar-refractivity contribution in [2.75, 3.05) is 68.1 Å². The number of ether oxygens (including phenoxy) is 1. The Morgan fingerprint density at radius 1 is 1.00 bits per heavy atom. The van der Waals surface area contributed by atoms with Gasteiger partial charge in [-0.05, 0) is 5.56 Å². The first-order chi connectivity index (χ1) is 10.2. The summed E-state index contributed by atoms with van der Waals surface area (Å²) >= 11 is 0. The molecule has 0 aliphatic carbocycles. The third-order valence-corrected chi connectivity index (χ3v) is 5.06. The van der Waals surface area contributed by atoms with E-state index in [9.17, 15) is 0 Å². The van der Waals surface area contributed by atoms with E-state index in [1.165, 1.54) is 31.5 Å². The molecule has 5 heteroatoms. The Balaban J connectivity index is 0.00000264. The number of benzene rings is 1. The molecule has 0 aromatic heterocycles. The fourth-order valence-electron chi connectivity index (χ4n) is 3.18. The first-order valence-corrected chi connectivity index (χ1v) is 8.48. The molecule has 1 aliphatic heterocycles. The fourth-order valence-corrected chi connectivity index (χ4v) is 3.18. The van der Waals surface area contributed by atoms with Crippen molar-refractivity contribution in [1.82, 2.24) is 0 Å². The largest absolute Gasteiger partial charge is 1.00 e. The highest BCUT2D eigenvalue weighted by molar-refractivity contribution is 5.26. The third-order valence-electron chi connectivity index (χ3n) is 5.06. The molecule has 1 fully saturated rings. The summed E-state index contributed by atoms with van der Waals surface area (Å²) in [5.74, 6) is 0. The van der Waals surface area contributed by atoms with Crippen LogP contribution in [0.2, 0.25) is 0 Å². The normalized spacial score (nSPS) is 19.0. The van der Waals surface area contributed by atoms with Gasteiger partial charge in [-0.2, -0.15) is 0 Å². The van der Waals surface area contributed by atoms with Gasteiger partial charge in [0.2, 0.25) is 0 Å². The summed E-state index contributed by atoms with van der Waals surface area (Å²) in [6.45, 7) is 5.22. The predicted molar refractivity (Wildman–Crippen MR) is 92.9 cm³/mol. The van der Waals surface area contributed by atoms with Crippen LogP contribution in [0.1, 0.15) is 18.4 Å². The van der Waals surface area contributed by atoms with Gasteiger partial charge in [-0.3, -0.25) is 0 Å². The summed E-state index contributed by atoms with van der Waals surface area (Å²) in [6.07, 6.45) is 2.43. The van der Waals surface area contributed by atoms with Crippen molar-refractivity contribution < 1.29 is 61.7 Å². The van der Waals surface area contributed by atoms with Crippen LogP contribution < -0.4 is 48.0 Å². The molecule has 1 aromatic carbocycles. The fraction of sp³-hybridized carbons (Fsp3) is 0.684. The SMILES string of the molecule is C[N+](C)(C)CCOCC1(c2ccccc2)CC[N+](C)(C)CC1.[I-].[I-]. The molecule has 24 heavy (non-hydrogen) atoms. The lowest BCUT2D eigenvalue weighted by Crippen LogP contribution is -3.00. The molecule has 0 bridgehead atoms. The lowest BCUT2D eigenvalue weighted by molar-refractivity contribution is -0.896. The number of nitrogens with zero attached hydrogens (tertiary/aromatic N) is 2. The van der Waals surface area contributed by atoms with Gasteiger partial charge < -0.3 is 61.7 Å². The van der Waals surface area contributed by atoms with Crippen molar-refractivity contribution in [1.29, 1.82) is 0 Å². The molecule has 3 nitrogen and oxygen atoms in total. The van der Waals surface area contributed by atoms with Crippen LogP contribution in [0.5, 0.6) is 0 Å². The van der Waals surface area contributed by atoms with E-state index >= 15 is 0 Å². The molecule has 2 rings (SSSR count). The Morgan fingerprint density at radius 2 is 1.54 bits per heavy atom. The zero-order chi connectivity index (χ0) is 16.3. The molecular weight excluding hydrogens is 526 g/mol. The van der Waals surface area contributed by atoms with E-state index < -0.39 is 0 Å². The minimum Gasteiger partial charge on any atom is -1.00 e. The summed E-state index contributed by atoms with van der Waals surface area (Å²) in [7, 11) is 11.3. The number of likely N-dealkylation sites (tertiary alicyclic amines) is 1. The molecular formula is C19H34I2N2O. The number of hydrogen-bond acceptors (Lipinski definition) is 1. The van der Waals surface area contributed by atoms with Crippen LogP contribution in [-0.2, 0) is 10.2 Å². The minimum atomic E-state index is 0. The van der Waals surface area contributed by atoms with Crippen LogP contribution in [0.3, 0.4) is 0 Å². The predicted octanol–water partition coefficient (Wildman–Crippen LogP) is -3.47. The van der Waals surface area contributed by atoms with Crippen LogP contribution in [-0.4, -0.2) is 77.1 Å². The smallest absolute Gasteiger partial charge is 0.102 e. The number of rotatable bonds is 6. The summed E-state index contributed by atoms with van der Waals surface area (Å²) in [5, 5.41) is 0. The second-order valence-corrected chi connectivity index (χ2v) is 8.60. The van der Waals surface area contributed by atoms with Crippen molar-refractivity contribution in [3.8, 4) is 0 Å². The average Bonchev–Trinajstić information content (AvgIpc) is 2.45. The maximum atomic E-state index is 6.15. The van der Waals surface area contributed by atoms with Gasteiger partial charge in [0, 0.05) is 18.3 Å². The van der Waals surface area contributed by atoms with Crippen molar-refractivity contribution in [2.45, 2.75) is 18.3 Å². The maximum Gasteiger partial charge on any atom is 0.102 e. The minimum absolute atomic E-state index is 0. The van der Waals surface area contributed by atoms with Crippen LogP contribution in [0.25, 0.3) is 0 Å². The lowest BCUT2D eigenvalue weighted by atomic mass is 9.73. The Kier molecular flexibility index (Phi) is 10.3. The molecule has 1 heterocycles. The quantitative estimate of drug-likeness (QED) is 0.200. The number of likely N-dealkylation sites (N-methyl/N-ethyl adjacent to an activating group) is 1. The number of hydrogen-bond donors (Lipinski definition) is 0. The highest BCUT2D eigenvalue weighted by Gasteiger charge is 2.40. The molecule has 1 saturated heterocycles. The van der Waals surface area contributed by atoms with E-state index in [1.54, 1.807) is 0 Å². The number of quaternary nitrogens is 2. The van der Waals surface area contributed by atoms with E-state index in [4.69, 9.17) is 4.74 Å². The highest BCUT2D eigenvalue weighted by Crippen LogP contribution is 2.37. The summed E-state index contributed by atoms with van der Waals surface area (Å²) < 4.78 is 8.25. The average molecular weight is 560 g/mol. The Hall–Kier alpha value is 0.560. The van der Waals surface area contributed by atoms with Crippen LogP contribution >= 0.6 is 0 Å². The van der Waals surface area contributed by atoms with Gasteiger partial charge in [0.1, 0.15) is 6.54 Å². The van der Waals surface area contributed by atoms with E-state index in [0.717, 1.165) is 28.7 Å². The topological polar surface area (TPSA) is 9.23 Å². The first kappa shape index (κ1) is 24.6. The van der Waals surface area contributed by atoms with Gasteiger partial charge in [-0.25, -0.2) is 0 Å². The summed E-state index contributed by atoms with van der Waals surface area (Å²) in [6, 6.07) is 11.0. The summed E-state index contributed by atoms with van der Waals surface area (Å²) in [5.41, 5.74) is 1.67. The van der Waals surface area contributed by atoms with Gasteiger partial charge in [0.25, 0.3) is 0 Å². The second-order valence-electron chi connectivity index (χ2n) is 8.60. The molecule has 0 saturated carbocycles. The highest BCUT2D eigenvalue weighted by atomic mass is 127. The van der Waals surface area contributed by atoms with Crippen LogP contribution in [0.15, 0.2) is 30.3 Å². The first-order valence-electron chi connectivity index (χ1n) is 8.48. The van der Waals surface area contributed by atoms with E-state index in [1.807, 2.05) is 0 Å². The Bertz CT molecular complexity index is 462. The molecule has 1 aromatic rings. The Morgan fingerprint density at radius 3 is 2.04 bits per heavy atom. The van der Waals surface area contributed by atoms with Crippen molar-refractivity contribution in [3.63, 3.8) is 0 Å². The standard InChI is InChI=1S/C19H34N2O.2HI/c1-20(2,3)15-16-22-17-19(18-9-7-6-8-10-18)11-13-21(4,5)14-12-19;;/h6-10H,11-17H2,1-5H3;2*1H/q+2;;/p-2. The van der Waals surface area contributed by atoms with Gasteiger partial charge in [0.05, 0.1) is 61.5 Å². The van der Waals surface area contributed by atoms with Crippen molar-refractivity contribution >= 4 is 0 Å². The lowest BCUT2D eigenvalue weighted by Gasteiger charge is -2.44. The molecule has 0 unspecified atom stereocenters. The van der Waals surface area contributed by atoms with Gasteiger partial charge >= 0.3 is 0 Å². The third kappa shape index (κ3) is 7.43. The van der Waals surface area contributed by atoms with E-state index in [-0.39, 0.29) is 53.4 Å². The molecule has 0 N–H and O–H groups in total. The zero-order valence-electron chi connectivity index (χ0n) is 15.9. The second kappa shape index (κ2) is 10.0. The molecule has 0 amide bonds. The molecule has 0 spiro atoms. The zero-order valence-corrected chi connectivity index (χ0v) is 20.2. The Labute approximate surface area is 183 Å². The number of halogens is 2. The maximum absolute atomic E-state index is 6.15. The molecule has 1 aliphatic rings. The molecule has 0 atom stereocenters. The van der Waals surface area contributed by atoms with Crippen LogP contribution in [0, 0.1) is 0 Å². The van der Waals surface area contributed by atoms with Crippen LogP contribution in [0.4, 0.5) is 0 Å². The molecule has 0 radical (unpaired) electrons.